The van der Waals surface area contributed by atoms with Crippen LogP contribution in [-0.2, 0) is 17.6 Å². The van der Waals surface area contributed by atoms with Gasteiger partial charge in [-0.2, -0.15) is 0 Å². The topological polar surface area (TPSA) is 26.8 Å². The van der Waals surface area contributed by atoms with Crippen LogP contribution in [0.4, 0.5) is 5.69 Å². The molecule has 4 nitrogen and oxygen atoms in total. The number of rotatable bonds is 5. The van der Waals surface area contributed by atoms with Crippen molar-refractivity contribution in [2.24, 2.45) is 0 Å². The van der Waals surface area contributed by atoms with Crippen LogP contribution >= 0.6 is 0 Å². The van der Waals surface area contributed by atoms with E-state index in [0.29, 0.717) is 6.04 Å². The third-order valence-electron chi connectivity index (χ3n) is 5.88. The molecule has 1 heterocycles. The predicted octanol–water partition coefficient (Wildman–Crippen LogP) is 2.94. The monoisotopic (exact) mass is 343 g/mol. The van der Waals surface area contributed by atoms with Crippen molar-refractivity contribution in [3.63, 3.8) is 0 Å². The number of hydrogen-bond donors (Lipinski definition) is 0. The Morgan fingerprint density at radius 3 is 2.68 bits per heavy atom. The lowest BCUT2D eigenvalue weighted by molar-refractivity contribution is -0.131. The summed E-state index contributed by atoms with van der Waals surface area (Å²) in [7, 11) is 2.20. The van der Waals surface area contributed by atoms with Gasteiger partial charge in [-0.3, -0.25) is 4.79 Å². The van der Waals surface area contributed by atoms with Gasteiger partial charge in [0.25, 0.3) is 0 Å². The number of aryl methyl sites for hydroxylation is 1. The van der Waals surface area contributed by atoms with Gasteiger partial charge in [-0.05, 0) is 49.9 Å². The molecule has 0 saturated carbocycles. The van der Waals surface area contributed by atoms with E-state index in [1.54, 1.807) is 6.92 Å². The molecule has 1 atom stereocenters. The summed E-state index contributed by atoms with van der Waals surface area (Å²) in [6.45, 7) is 9.29. The fourth-order valence-electron chi connectivity index (χ4n) is 4.29. The van der Waals surface area contributed by atoms with Gasteiger partial charge in [0, 0.05) is 51.4 Å². The molecule has 25 heavy (non-hydrogen) atoms. The summed E-state index contributed by atoms with van der Waals surface area (Å²) < 4.78 is 0. The number of carbonyl (C=O) groups is 1. The van der Waals surface area contributed by atoms with Crippen molar-refractivity contribution in [2.75, 3.05) is 44.7 Å². The number of benzene rings is 1. The number of fused-ring (bicyclic) bond motifs is 1. The normalized spacial score (nSPS) is 21.1. The van der Waals surface area contributed by atoms with Gasteiger partial charge in [-0.25, -0.2) is 0 Å². The molecule has 1 saturated heterocycles. The van der Waals surface area contributed by atoms with Gasteiger partial charge in [0.05, 0.1) is 0 Å². The molecule has 2 aliphatic rings. The minimum atomic E-state index is 0.235. The average molecular weight is 344 g/mol. The second-order valence-corrected chi connectivity index (χ2v) is 7.67. The van der Waals surface area contributed by atoms with Gasteiger partial charge in [-0.15, -0.1) is 0 Å². The van der Waals surface area contributed by atoms with Gasteiger partial charge >= 0.3 is 0 Å². The van der Waals surface area contributed by atoms with Gasteiger partial charge in [0.2, 0.25) is 5.91 Å². The molecule has 1 aliphatic heterocycles. The van der Waals surface area contributed by atoms with Crippen molar-refractivity contribution in [3.8, 4) is 0 Å². The SMILES string of the molecule is CCCCN(C(C)=O)C1CCc2cccc(N3CCN(C)CC3)c2C1. The third kappa shape index (κ3) is 4.17. The molecule has 0 spiro atoms. The van der Waals surface area contributed by atoms with Gasteiger partial charge in [-0.1, -0.05) is 25.5 Å². The van der Waals surface area contributed by atoms with E-state index < -0.39 is 0 Å². The maximum absolute atomic E-state index is 12.2. The Bertz CT molecular complexity index is 593. The number of piperazine rings is 1. The first-order valence-corrected chi connectivity index (χ1v) is 9.91. The highest BCUT2D eigenvalue weighted by Gasteiger charge is 2.28. The Labute approximate surface area is 152 Å². The minimum absolute atomic E-state index is 0.235. The van der Waals surface area contributed by atoms with Gasteiger partial charge < -0.3 is 14.7 Å². The Morgan fingerprint density at radius 2 is 2.00 bits per heavy atom. The van der Waals surface area contributed by atoms with Crippen LogP contribution < -0.4 is 4.90 Å². The van der Waals surface area contributed by atoms with Crippen molar-refractivity contribution in [1.29, 1.82) is 0 Å². The van der Waals surface area contributed by atoms with Crippen LogP contribution in [0.25, 0.3) is 0 Å². The number of amides is 1. The number of hydrogen-bond acceptors (Lipinski definition) is 3. The summed E-state index contributed by atoms with van der Waals surface area (Å²) in [5.41, 5.74) is 4.40. The molecular formula is C21H33N3O. The van der Waals surface area contributed by atoms with Crippen LogP contribution in [-0.4, -0.2) is 61.5 Å². The second-order valence-electron chi connectivity index (χ2n) is 7.67. The van der Waals surface area contributed by atoms with Crippen LogP contribution in [0.3, 0.4) is 0 Å². The zero-order valence-electron chi connectivity index (χ0n) is 16.1. The molecule has 1 fully saturated rings. The molecule has 3 rings (SSSR count). The van der Waals surface area contributed by atoms with E-state index in [4.69, 9.17) is 0 Å². The van der Waals surface area contributed by atoms with E-state index in [-0.39, 0.29) is 5.91 Å². The molecule has 138 valence electrons. The molecule has 0 radical (unpaired) electrons. The molecule has 1 unspecified atom stereocenters. The van der Waals surface area contributed by atoms with Crippen LogP contribution in [0, 0.1) is 0 Å². The van der Waals surface area contributed by atoms with Crippen LogP contribution in [0.2, 0.25) is 0 Å². The minimum Gasteiger partial charge on any atom is -0.369 e. The van der Waals surface area contributed by atoms with E-state index in [0.717, 1.165) is 64.8 Å². The Kier molecular flexibility index (Phi) is 6.00. The largest absolute Gasteiger partial charge is 0.369 e. The first kappa shape index (κ1) is 18.2. The van der Waals surface area contributed by atoms with E-state index in [1.165, 1.54) is 16.8 Å². The zero-order chi connectivity index (χ0) is 17.8. The molecule has 4 heteroatoms. The van der Waals surface area contributed by atoms with Crippen molar-refractivity contribution >= 4 is 11.6 Å². The fourth-order valence-corrected chi connectivity index (χ4v) is 4.29. The standard InChI is InChI=1S/C21H33N3O/c1-4-5-11-24(17(2)25)19-10-9-18-7-6-8-21(20(18)16-19)23-14-12-22(3)13-15-23/h6-8,19H,4-5,9-16H2,1-3H3. The maximum atomic E-state index is 12.2. The molecule has 1 aromatic rings. The van der Waals surface area contributed by atoms with Crippen LogP contribution in [0.1, 0.15) is 44.2 Å². The van der Waals surface area contributed by atoms with Crippen molar-refractivity contribution in [1.82, 2.24) is 9.80 Å². The summed E-state index contributed by atoms with van der Waals surface area (Å²) in [5, 5.41) is 0. The summed E-state index contributed by atoms with van der Waals surface area (Å²) >= 11 is 0. The molecular weight excluding hydrogens is 310 g/mol. The number of nitrogens with zero attached hydrogens (tertiary/aromatic N) is 3. The first-order valence-electron chi connectivity index (χ1n) is 9.91. The second kappa shape index (κ2) is 8.22. The molecule has 1 aliphatic carbocycles. The van der Waals surface area contributed by atoms with Crippen molar-refractivity contribution < 1.29 is 4.79 Å². The van der Waals surface area contributed by atoms with Gasteiger partial charge in [0.15, 0.2) is 0 Å². The number of anilines is 1. The van der Waals surface area contributed by atoms with E-state index in [9.17, 15) is 4.79 Å². The summed E-state index contributed by atoms with van der Waals surface area (Å²) in [4.78, 5) is 19.3. The number of carbonyl (C=O) groups excluding carboxylic acids is 1. The Hall–Kier alpha value is -1.55. The third-order valence-corrected chi connectivity index (χ3v) is 5.88. The molecule has 0 bridgehead atoms. The number of unbranched alkanes of at least 4 members (excludes halogenated alkanes) is 1. The zero-order valence-corrected chi connectivity index (χ0v) is 16.1. The predicted molar refractivity (Wildman–Crippen MR) is 104 cm³/mol. The lowest BCUT2D eigenvalue weighted by Crippen LogP contribution is -2.46. The van der Waals surface area contributed by atoms with Crippen molar-refractivity contribution in [3.05, 3.63) is 29.3 Å². The van der Waals surface area contributed by atoms with E-state index in [1.807, 2.05) is 0 Å². The number of likely N-dealkylation sites (N-methyl/N-ethyl adjacent to an activating group) is 1. The molecule has 0 aromatic heterocycles. The summed E-state index contributed by atoms with van der Waals surface area (Å²) in [5.74, 6) is 0.235. The van der Waals surface area contributed by atoms with Crippen LogP contribution in [0.15, 0.2) is 18.2 Å². The highest BCUT2D eigenvalue weighted by molar-refractivity contribution is 5.74. The van der Waals surface area contributed by atoms with Crippen LogP contribution in [0.5, 0.6) is 0 Å². The molecule has 0 N–H and O–H groups in total. The fraction of sp³-hybridized carbons (Fsp3) is 0.667. The molecule has 1 aromatic carbocycles. The summed E-state index contributed by atoms with van der Waals surface area (Å²) in [6.07, 6.45) is 5.45. The van der Waals surface area contributed by atoms with E-state index >= 15 is 0 Å². The van der Waals surface area contributed by atoms with E-state index in [2.05, 4.69) is 46.9 Å². The smallest absolute Gasteiger partial charge is 0.219 e. The van der Waals surface area contributed by atoms with Crippen molar-refractivity contribution in [2.45, 2.75) is 52.0 Å². The lowest BCUT2D eigenvalue weighted by atomic mass is 9.85. The summed E-state index contributed by atoms with van der Waals surface area (Å²) in [6, 6.07) is 7.16. The maximum Gasteiger partial charge on any atom is 0.219 e. The quantitative estimate of drug-likeness (QED) is 0.822. The lowest BCUT2D eigenvalue weighted by Gasteiger charge is -2.39. The Morgan fingerprint density at radius 1 is 1.24 bits per heavy atom. The highest BCUT2D eigenvalue weighted by Crippen LogP contribution is 2.33. The highest BCUT2D eigenvalue weighted by atomic mass is 16.2. The first-order chi connectivity index (χ1) is 12.1. The molecule has 1 amide bonds. The van der Waals surface area contributed by atoms with Gasteiger partial charge in [0.1, 0.15) is 0 Å². The average Bonchev–Trinajstić information content (AvgIpc) is 2.62. The Balaban J connectivity index is 1.80.